The molecule has 1 heterocycles. The van der Waals surface area contributed by atoms with Crippen molar-refractivity contribution in [3.63, 3.8) is 0 Å². The molecule has 0 radical (unpaired) electrons. The zero-order valence-corrected chi connectivity index (χ0v) is 13.3. The minimum absolute atomic E-state index is 0.0574. The predicted octanol–water partition coefficient (Wildman–Crippen LogP) is 1.61. The van der Waals surface area contributed by atoms with E-state index in [0.29, 0.717) is 13.0 Å². The minimum atomic E-state index is -3.50. The number of nitrogens with zero attached hydrogens (tertiary/aromatic N) is 1. The third-order valence-electron chi connectivity index (χ3n) is 3.57. The lowest BCUT2D eigenvalue weighted by molar-refractivity contribution is -0.126. The van der Waals surface area contributed by atoms with Crippen LogP contribution in [-0.2, 0) is 14.8 Å². The quantitative estimate of drug-likeness (QED) is 0.919. The molecule has 6 heteroatoms. The molecule has 2 rings (SSSR count). The summed E-state index contributed by atoms with van der Waals surface area (Å²) in [7, 11) is -3.50. The molecule has 1 atom stereocenters. The SMILES string of the molecule is CC(C)NC(=O)[C@@H]1CCCN(S(=O)(=O)c2ccccc2)C1. The molecule has 1 amide bonds. The number of hydrogen-bond acceptors (Lipinski definition) is 3. The summed E-state index contributed by atoms with van der Waals surface area (Å²) in [6.45, 7) is 4.54. The predicted molar refractivity (Wildman–Crippen MR) is 81.2 cm³/mol. The summed E-state index contributed by atoms with van der Waals surface area (Å²) in [5, 5.41) is 2.86. The lowest BCUT2D eigenvalue weighted by Gasteiger charge is -2.31. The molecule has 5 nitrogen and oxygen atoms in total. The summed E-state index contributed by atoms with van der Waals surface area (Å²) in [5.41, 5.74) is 0. The Balaban J connectivity index is 2.12. The zero-order chi connectivity index (χ0) is 15.5. The molecule has 1 aliphatic rings. The van der Waals surface area contributed by atoms with Gasteiger partial charge in [0.15, 0.2) is 0 Å². The van der Waals surface area contributed by atoms with Crippen molar-refractivity contribution in [2.45, 2.75) is 37.6 Å². The number of amides is 1. The van der Waals surface area contributed by atoms with Crippen molar-refractivity contribution in [1.29, 1.82) is 0 Å². The molecule has 0 aromatic heterocycles. The Labute approximate surface area is 126 Å². The van der Waals surface area contributed by atoms with Gasteiger partial charge in [0.1, 0.15) is 0 Å². The molecule has 1 fully saturated rings. The fourth-order valence-electron chi connectivity index (χ4n) is 2.52. The number of hydrogen-bond donors (Lipinski definition) is 1. The highest BCUT2D eigenvalue weighted by Gasteiger charge is 2.33. The van der Waals surface area contributed by atoms with Gasteiger partial charge in [-0.15, -0.1) is 0 Å². The summed E-state index contributed by atoms with van der Waals surface area (Å²) in [4.78, 5) is 12.4. The number of rotatable bonds is 4. The van der Waals surface area contributed by atoms with Gasteiger partial charge in [-0.3, -0.25) is 4.79 Å². The van der Waals surface area contributed by atoms with Gasteiger partial charge in [0.05, 0.1) is 10.8 Å². The summed E-state index contributed by atoms with van der Waals surface area (Å²) in [6.07, 6.45) is 1.45. The number of carbonyl (C=O) groups excluding carboxylic acids is 1. The number of sulfonamides is 1. The van der Waals surface area contributed by atoms with E-state index in [0.717, 1.165) is 6.42 Å². The van der Waals surface area contributed by atoms with Crippen molar-refractivity contribution < 1.29 is 13.2 Å². The smallest absolute Gasteiger partial charge is 0.243 e. The van der Waals surface area contributed by atoms with Gasteiger partial charge in [0.2, 0.25) is 15.9 Å². The molecule has 21 heavy (non-hydrogen) atoms. The van der Waals surface area contributed by atoms with E-state index >= 15 is 0 Å². The molecule has 1 aromatic carbocycles. The third-order valence-corrected chi connectivity index (χ3v) is 5.45. The normalized spacial score (nSPS) is 20.4. The van der Waals surface area contributed by atoms with Crippen LogP contribution in [0.15, 0.2) is 35.2 Å². The lowest BCUT2D eigenvalue weighted by Crippen LogP contribution is -2.46. The van der Waals surface area contributed by atoms with E-state index in [1.807, 2.05) is 13.8 Å². The van der Waals surface area contributed by atoms with Gasteiger partial charge in [-0.25, -0.2) is 8.42 Å². The Morgan fingerprint density at radius 1 is 1.29 bits per heavy atom. The van der Waals surface area contributed by atoms with Gasteiger partial charge in [-0.05, 0) is 38.8 Å². The van der Waals surface area contributed by atoms with Crippen molar-refractivity contribution in [2.75, 3.05) is 13.1 Å². The van der Waals surface area contributed by atoms with Crippen LogP contribution in [0.25, 0.3) is 0 Å². The molecular weight excluding hydrogens is 288 g/mol. The van der Waals surface area contributed by atoms with E-state index in [1.54, 1.807) is 30.3 Å². The molecule has 0 unspecified atom stereocenters. The minimum Gasteiger partial charge on any atom is -0.354 e. The first-order valence-corrected chi connectivity index (χ1v) is 8.71. The van der Waals surface area contributed by atoms with Crippen LogP contribution in [0, 0.1) is 5.92 Å². The van der Waals surface area contributed by atoms with Crippen molar-refractivity contribution in [3.8, 4) is 0 Å². The standard InChI is InChI=1S/C15H22N2O3S/c1-12(2)16-15(18)13-7-6-10-17(11-13)21(19,20)14-8-4-3-5-9-14/h3-5,8-9,12-13H,6-7,10-11H2,1-2H3,(H,16,18)/t13-/m1/s1. The van der Waals surface area contributed by atoms with E-state index in [2.05, 4.69) is 5.32 Å². The summed E-state index contributed by atoms with van der Waals surface area (Å²) in [6, 6.07) is 8.45. The van der Waals surface area contributed by atoms with E-state index in [4.69, 9.17) is 0 Å². The maximum Gasteiger partial charge on any atom is 0.243 e. The number of benzene rings is 1. The Morgan fingerprint density at radius 2 is 1.95 bits per heavy atom. The van der Waals surface area contributed by atoms with Crippen LogP contribution < -0.4 is 5.32 Å². The molecule has 116 valence electrons. The Kier molecular flexibility index (Phi) is 5.00. The third kappa shape index (κ3) is 3.83. The maximum absolute atomic E-state index is 12.6. The van der Waals surface area contributed by atoms with Gasteiger partial charge in [0, 0.05) is 19.1 Å². The molecular formula is C15H22N2O3S. The molecule has 1 aliphatic heterocycles. The topological polar surface area (TPSA) is 66.5 Å². The molecule has 1 aromatic rings. The highest BCUT2D eigenvalue weighted by molar-refractivity contribution is 7.89. The summed E-state index contributed by atoms with van der Waals surface area (Å²) in [5.74, 6) is -0.322. The van der Waals surface area contributed by atoms with Crippen LogP contribution in [0.1, 0.15) is 26.7 Å². The van der Waals surface area contributed by atoms with Crippen molar-refractivity contribution in [3.05, 3.63) is 30.3 Å². The van der Waals surface area contributed by atoms with Crippen LogP contribution in [0.3, 0.4) is 0 Å². The molecule has 1 N–H and O–H groups in total. The first-order valence-electron chi connectivity index (χ1n) is 7.27. The monoisotopic (exact) mass is 310 g/mol. The molecule has 0 bridgehead atoms. The van der Waals surface area contributed by atoms with Crippen molar-refractivity contribution in [2.24, 2.45) is 5.92 Å². The molecule has 0 spiro atoms. The second kappa shape index (κ2) is 6.58. The number of nitrogens with one attached hydrogen (secondary N) is 1. The number of carbonyl (C=O) groups is 1. The van der Waals surface area contributed by atoms with Gasteiger partial charge in [0.25, 0.3) is 0 Å². The van der Waals surface area contributed by atoms with Gasteiger partial charge in [-0.2, -0.15) is 4.31 Å². The molecule has 0 saturated carbocycles. The van der Waals surface area contributed by atoms with E-state index < -0.39 is 10.0 Å². The molecule has 0 aliphatic carbocycles. The van der Waals surface area contributed by atoms with Crippen LogP contribution >= 0.6 is 0 Å². The van der Waals surface area contributed by atoms with Crippen molar-refractivity contribution in [1.82, 2.24) is 9.62 Å². The Hall–Kier alpha value is -1.40. The second-order valence-corrected chi connectivity index (χ2v) is 7.62. The average molecular weight is 310 g/mol. The highest BCUT2D eigenvalue weighted by atomic mass is 32.2. The lowest BCUT2D eigenvalue weighted by atomic mass is 9.98. The summed E-state index contributed by atoms with van der Waals surface area (Å²) < 4.78 is 26.6. The van der Waals surface area contributed by atoms with Gasteiger partial charge in [-0.1, -0.05) is 18.2 Å². The zero-order valence-electron chi connectivity index (χ0n) is 12.5. The fraction of sp³-hybridized carbons (Fsp3) is 0.533. The molecule has 1 saturated heterocycles. The van der Waals surface area contributed by atoms with Crippen LogP contribution in [0.2, 0.25) is 0 Å². The van der Waals surface area contributed by atoms with Gasteiger partial charge >= 0.3 is 0 Å². The first-order chi connectivity index (χ1) is 9.91. The van der Waals surface area contributed by atoms with Crippen LogP contribution in [0.5, 0.6) is 0 Å². The maximum atomic E-state index is 12.6. The average Bonchev–Trinajstić information content (AvgIpc) is 2.47. The van der Waals surface area contributed by atoms with Gasteiger partial charge < -0.3 is 5.32 Å². The van der Waals surface area contributed by atoms with Crippen molar-refractivity contribution >= 4 is 15.9 Å². The first kappa shape index (κ1) is 16.0. The van der Waals surface area contributed by atoms with Crippen LogP contribution in [0.4, 0.5) is 0 Å². The summed E-state index contributed by atoms with van der Waals surface area (Å²) >= 11 is 0. The van der Waals surface area contributed by atoms with E-state index in [-0.39, 0.29) is 29.3 Å². The fourth-order valence-corrected chi connectivity index (χ4v) is 4.06. The number of piperidine rings is 1. The van der Waals surface area contributed by atoms with E-state index in [1.165, 1.54) is 4.31 Å². The van der Waals surface area contributed by atoms with E-state index in [9.17, 15) is 13.2 Å². The largest absolute Gasteiger partial charge is 0.354 e. The highest BCUT2D eigenvalue weighted by Crippen LogP contribution is 2.23. The Morgan fingerprint density at radius 3 is 2.57 bits per heavy atom. The van der Waals surface area contributed by atoms with Crippen LogP contribution in [-0.4, -0.2) is 37.8 Å². The second-order valence-electron chi connectivity index (χ2n) is 5.68. The Bertz CT molecular complexity index is 584.